The van der Waals surface area contributed by atoms with Crippen LogP contribution in [0.5, 0.6) is 0 Å². The van der Waals surface area contributed by atoms with Crippen LogP contribution in [0.25, 0.3) is 10.9 Å². The summed E-state index contributed by atoms with van der Waals surface area (Å²) in [5.74, 6) is -0.00899. The van der Waals surface area contributed by atoms with Crippen molar-refractivity contribution in [1.82, 2.24) is 10.3 Å². The number of carbonyl (C=O) groups is 2. The maximum absolute atomic E-state index is 13.3. The summed E-state index contributed by atoms with van der Waals surface area (Å²) in [6.07, 6.45) is 4.71. The number of aromatic nitrogens is 1. The van der Waals surface area contributed by atoms with E-state index in [2.05, 4.69) is 10.3 Å². The number of rotatable bonds is 5. The summed E-state index contributed by atoms with van der Waals surface area (Å²) in [5, 5.41) is 5.16. The lowest BCUT2D eigenvalue weighted by Gasteiger charge is -2.32. The Morgan fingerprint density at radius 2 is 1.97 bits per heavy atom. The first-order chi connectivity index (χ1) is 14.3. The zero-order chi connectivity index (χ0) is 21.7. The van der Waals surface area contributed by atoms with Gasteiger partial charge in [0, 0.05) is 24.0 Å². The number of nitrogens with zero attached hydrogens (tertiary/aromatic N) is 2. The van der Waals surface area contributed by atoms with Gasteiger partial charge in [-0.05, 0) is 58.1 Å². The quantitative estimate of drug-likeness (QED) is 0.732. The van der Waals surface area contributed by atoms with E-state index in [0.29, 0.717) is 18.7 Å². The molecule has 2 aromatic rings. The fourth-order valence-electron chi connectivity index (χ4n) is 3.97. The first kappa shape index (κ1) is 22.0. The molecule has 1 aliphatic rings. The highest BCUT2D eigenvalue weighted by Crippen LogP contribution is 2.33. The Labute approximate surface area is 177 Å². The van der Waals surface area contributed by atoms with Crippen LogP contribution in [0, 0.1) is 11.8 Å². The topological polar surface area (TPSA) is 80.8 Å². The number of hydroxylamine groups is 1. The van der Waals surface area contributed by atoms with Gasteiger partial charge in [0.25, 0.3) is 5.91 Å². The summed E-state index contributed by atoms with van der Waals surface area (Å²) >= 11 is 0. The van der Waals surface area contributed by atoms with E-state index >= 15 is 0 Å². The van der Waals surface area contributed by atoms with Crippen LogP contribution >= 0.6 is 0 Å². The van der Waals surface area contributed by atoms with E-state index in [9.17, 15) is 9.59 Å². The molecule has 1 aliphatic carbocycles. The van der Waals surface area contributed by atoms with Crippen LogP contribution in [-0.4, -0.2) is 36.2 Å². The largest absolute Gasteiger partial charge is 0.444 e. The first-order valence-corrected chi connectivity index (χ1v) is 10.5. The highest BCUT2D eigenvalue weighted by Gasteiger charge is 2.32. The maximum Gasteiger partial charge on any atom is 0.407 e. The third kappa shape index (κ3) is 5.48. The molecular weight excluding hydrogens is 382 g/mol. The summed E-state index contributed by atoms with van der Waals surface area (Å²) in [5.41, 5.74) is 0.851. The fraction of sp³-hybridized carbons (Fsp3) is 0.522. The number of hydrogen-bond donors (Lipinski definition) is 1. The number of hydrogen-bond acceptors (Lipinski definition) is 5. The molecule has 0 saturated heterocycles. The lowest BCUT2D eigenvalue weighted by molar-refractivity contribution is -0.130. The van der Waals surface area contributed by atoms with Gasteiger partial charge < -0.3 is 10.1 Å². The Morgan fingerprint density at radius 3 is 2.70 bits per heavy atom. The highest BCUT2D eigenvalue weighted by atomic mass is 16.7. The van der Waals surface area contributed by atoms with E-state index in [1.807, 2.05) is 51.1 Å². The van der Waals surface area contributed by atoms with Crippen molar-refractivity contribution in [2.75, 3.05) is 18.7 Å². The molecule has 2 unspecified atom stereocenters. The summed E-state index contributed by atoms with van der Waals surface area (Å²) < 4.78 is 5.31. The molecule has 2 amide bonds. The van der Waals surface area contributed by atoms with Crippen LogP contribution in [0.4, 0.5) is 10.5 Å². The van der Waals surface area contributed by atoms with Gasteiger partial charge in [-0.25, -0.2) is 4.79 Å². The lowest BCUT2D eigenvalue weighted by atomic mass is 9.81. The molecule has 0 bridgehead atoms. The van der Waals surface area contributed by atoms with E-state index in [4.69, 9.17) is 9.57 Å². The Hall–Kier alpha value is -2.67. The van der Waals surface area contributed by atoms with E-state index in [1.54, 1.807) is 6.20 Å². The van der Waals surface area contributed by atoms with Crippen molar-refractivity contribution >= 4 is 28.6 Å². The monoisotopic (exact) mass is 413 g/mol. The molecule has 0 aliphatic heterocycles. The summed E-state index contributed by atoms with van der Waals surface area (Å²) in [4.78, 5) is 35.2. The number of ether oxygens (including phenoxy) is 1. The molecule has 1 N–H and O–H groups in total. The van der Waals surface area contributed by atoms with E-state index < -0.39 is 11.7 Å². The van der Waals surface area contributed by atoms with E-state index in [0.717, 1.165) is 30.2 Å². The van der Waals surface area contributed by atoms with Crippen LogP contribution in [-0.2, 0) is 14.4 Å². The van der Waals surface area contributed by atoms with Crippen molar-refractivity contribution in [2.45, 2.75) is 52.1 Å². The number of alkyl carbamates (subject to hydrolysis) is 1. The second-order valence-electron chi connectivity index (χ2n) is 8.78. The van der Waals surface area contributed by atoms with Crippen molar-refractivity contribution in [1.29, 1.82) is 0 Å². The third-order valence-corrected chi connectivity index (χ3v) is 5.28. The smallest absolute Gasteiger partial charge is 0.407 e. The van der Waals surface area contributed by atoms with Gasteiger partial charge >= 0.3 is 6.09 Å². The van der Waals surface area contributed by atoms with Crippen LogP contribution in [0.2, 0.25) is 0 Å². The summed E-state index contributed by atoms with van der Waals surface area (Å²) in [6, 6.07) is 9.54. The van der Waals surface area contributed by atoms with Crippen molar-refractivity contribution in [3.63, 3.8) is 0 Å². The normalized spacial score (nSPS) is 19.3. The molecule has 1 saturated carbocycles. The molecular formula is C23H31N3O4. The van der Waals surface area contributed by atoms with Crippen LogP contribution < -0.4 is 10.4 Å². The third-order valence-electron chi connectivity index (χ3n) is 5.28. The van der Waals surface area contributed by atoms with Crippen molar-refractivity contribution in [3.8, 4) is 0 Å². The maximum atomic E-state index is 13.3. The van der Waals surface area contributed by atoms with Gasteiger partial charge in [-0.3, -0.25) is 14.6 Å². The van der Waals surface area contributed by atoms with E-state index in [-0.39, 0.29) is 17.7 Å². The second-order valence-corrected chi connectivity index (χ2v) is 8.78. The van der Waals surface area contributed by atoms with Crippen molar-refractivity contribution in [3.05, 3.63) is 36.5 Å². The second kappa shape index (κ2) is 9.43. The average molecular weight is 414 g/mol. The van der Waals surface area contributed by atoms with Gasteiger partial charge in [0.05, 0.1) is 18.3 Å². The van der Waals surface area contributed by atoms with Gasteiger partial charge in [-0.2, -0.15) is 5.06 Å². The molecule has 3 rings (SSSR count). The van der Waals surface area contributed by atoms with Gasteiger partial charge in [-0.15, -0.1) is 0 Å². The SMILES string of the molecule is CON(C(=O)C1CCCC(CNC(=O)OC(C)(C)C)C1)c1cccc2cccnc12. The van der Waals surface area contributed by atoms with Crippen LogP contribution in [0.3, 0.4) is 0 Å². The first-order valence-electron chi connectivity index (χ1n) is 10.5. The molecule has 0 spiro atoms. The molecule has 1 heterocycles. The molecule has 2 atom stereocenters. The minimum atomic E-state index is -0.527. The number of amides is 2. The van der Waals surface area contributed by atoms with Gasteiger partial charge in [0.15, 0.2) is 0 Å². The molecule has 7 nitrogen and oxygen atoms in total. The minimum absolute atomic E-state index is 0.0716. The average Bonchev–Trinajstić information content (AvgIpc) is 2.72. The highest BCUT2D eigenvalue weighted by molar-refractivity contribution is 6.01. The predicted octanol–water partition coefficient (Wildman–Crippen LogP) is 4.46. The number of fused-ring (bicyclic) bond motifs is 1. The standard InChI is InChI=1S/C23H31N3O4/c1-23(2,3)30-22(28)25-15-16-8-5-10-18(14-16)21(27)26(29-4)19-12-6-9-17-11-7-13-24-20(17)19/h6-7,9,11-13,16,18H,5,8,10,14-15H2,1-4H3,(H,25,28). The van der Waals surface area contributed by atoms with Crippen LogP contribution in [0.15, 0.2) is 36.5 Å². The number of nitrogens with one attached hydrogen (secondary N) is 1. The zero-order valence-electron chi connectivity index (χ0n) is 18.2. The fourth-order valence-corrected chi connectivity index (χ4v) is 3.97. The summed E-state index contributed by atoms with van der Waals surface area (Å²) in [6.45, 7) is 6.01. The molecule has 1 aromatic heterocycles. The van der Waals surface area contributed by atoms with E-state index in [1.165, 1.54) is 12.2 Å². The molecule has 162 valence electrons. The number of benzene rings is 1. The lowest BCUT2D eigenvalue weighted by Crippen LogP contribution is -2.40. The Bertz CT molecular complexity index is 888. The Morgan fingerprint density at radius 1 is 1.20 bits per heavy atom. The molecule has 1 aromatic carbocycles. The predicted molar refractivity (Wildman–Crippen MR) is 116 cm³/mol. The number of carbonyl (C=O) groups excluding carboxylic acids is 2. The van der Waals surface area contributed by atoms with Gasteiger partial charge in [0.1, 0.15) is 5.60 Å². The van der Waals surface area contributed by atoms with Crippen molar-refractivity contribution < 1.29 is 19.2 Å². The molecule has 1 fully saturated rings. The Balaban J connectivity index is 1.67. The molecule has 30 heavy (non-hydrogen) atoms. The van der Waals surface area contributed by atoms with Crippen LogP contribution in [0.1, 0.15) is 46.5 Å². The van der Waals surface area contributed by atoms with Gasteiger partial charge in [-0.1, -0.05) is 24.6 Å². The van der Waals surface area contributed by atoms with Crippen molar-refractivity contribution in [2.24, 2.45) is 11.8 Å². The van der Waals surface area contributed by atoms with Gasteiger partial charge in [0.2, 0.25) is 0 Å². The molecule has 7 heteroatoms. The number of pyridine rings is 1. The zero-order valence-corrected chi connectivity index (χ0v) is 18.2. The number of para-hydroxylation sites is 1. The Kier molecular flexibility index (Phi) is 6.92. The molecule has 0 radical (unpaired) electrons. The minimum Gasteiger partial charge on any atom is -0.444 e. The number of anilines is 1. The summed E-state index contributed by atoms with van der Waals surface area (Å²) in [7, 11) is 1.50.